The van der Waals surface area contributed by atoms with Crippen LogP contribution in [0.25, 0.3) is 0 Å². The zero-order valence-corrected chi connectivity index (χ0v) is 13.7. The SMILES string of the molecule is CCOC(=O)c1sc2c(c1C)C(=O)c1c(OC)cccc1C2=O. The molecule has 5 nitrogen and oxygen atoms in total. The van der Waals surface area contributed by atoms with Crippen molar-refractivity contribution in [3.05, 3.63) is 50.2 Å². The predicted molar refractivity (Wildman–Crippen MR) is 84.9 cm³/mol. The Balaban J connectivity index is 2.23. The molecule has 0 fully saturated rings. The third-order valence-electron chi connectivity index (χ3n) is 3.76. The summed E-state index contributed by atoms with van der Waals surface area (Å²) in [6.45, 7) is 3.60. The number of fused-ring (bicyclic) bond motifs is 2. The van der Waals surface area contributed by atoms with E-state index in [1.54, 1.807) is 32.0 Å². The summed E-state index contributed by atoms with van der Waals surface area (Å²) < 4.78 is 10.2. The molecule has 0 spiro atoms. The molecule has 0 N–H and O–H groups in total. The zero-order chi connectivity index (χ0) is 16.7. The van der Waals surface area contributed by atoms with Crippen molar-refractivity contribution in [1.29, 1.82) is 0 Å². The molecule has 6 heteroatoms. The molecule has 1 aromatic heterocycles. The number of methoxy groups -OCH3 is 1. The van der Waals surface area contributed by atoms with Crippen molar-refractivity contribution < 1.29 is 23.9 Å². The number of ether oxygens (including phenoxy) is 2. The lowest BCUT2D eigenvalue weighted by molar-refractivity contribution is 0.0531. The smallest absolute Gasteiger partial charge is 0.348 e. The number of rotatable bonds is 3. The molecule has 2 aromatic rings. The van der Waals surface area contributed by atoms with Gasteiger partial charge in [0, 0.05) is 11.1 Å². The van der Waals surface area contributed by atoms with Crippen LogP contribution in [0.15, 0.2) is 18.2 Å². The van der Waals surface area contributed by atoms with Gasteiger partial charge in [-0.1, -0.05) is 6.07 Å². The molecular weight excluding hydrogens is 316 g/mol. The number of carbonyl (C=O) groups is 3. The number of ketones is 2. The van der Waals surface area contributed by atoms with Crippen LogP contribution in [0.5, 0.6) is 5.75 Å². The van der Waals surface area contributed by atoms with Crippen molar-refractivity contribution in [3.8, 4) is 5.75 Å². The summed E-state index contributed by atoms with van der Waals surface area (Å²) in [6, 6.07) is 4.91. The van der Waals surface area contributed by atoms with E-state index < -0.39 is 5.97 Å². The monoisotopic (exact) mass is 330 g/mol. The van der Waals surface area contributed by atoms with E-state index in [0.29, 0.717) is 21.8 Å². The van der Waals surface area contributed by atoms with Crippen LogP contribution in [0.4, 0.5) is 0 Å². The molecule has 0 bridgehead atoms. The van der Waals surface area contributed by atoms with Crippen LogP contribution in [0.1, 0.15) is 53.3 Å². The maximum Gasteiger partial charge on any atom is 0.348 e. The summed E-state index contributed by atoms with van der Waals surface area (Å²) in [5.41, 5.74) is 1.32. The highest BCUT2D eigenvalue weighted by Crippen LogP contribution is 2.39. The standard InChI is InChI=1S/C17H14O5S/c1-4-22-17(20)15-8(2)11-14(19)12-9(13(18)16(11)23-15)6-5-7-10(12)21-3/h5-7H,4H2,1-3H3. The zero-order valence-electron chi connectivity index (χ0n) is 12.9. The van der Waals surface area contributed by atoms with E-state index in [9.17, 15) is 14.4 Å². The molecule has 1 aliphatic carbocycles. The van der Waals surface area contributed by atoms with Crippen molar-refractivity contribution in [2.45, 2.75) is 13.8 Å². The average molecular weight is 330 g/mol. The van der Waals surface area contributed by atoms with E-state index in [1.807, 2.05) is 0 Å². The molecule has 0 saturated heterocycles. The molecule has 0 unspecified atom stereocenters. The normalized spacial score (nSPS) is 12.7. The Morgan fingerprint density at radius 1 is 1.17 bits per heavy atom. The highest BCUT2D eigenvalue weighted by Gasteiger charge is 2.37. The van der Waals surface area contributed by atoms with Crippen molar-refractivity contribution in [2.75, 3.05) is 13.7 Å². The first-order valence-corrected chi connectivity index (χ1v) is 7.89. The second-order valence-corrected chi connectivity index (χ2v) is 6.04. The third-order valence-corrected chi connectivity index (χ3v) is 5.03. The fourth-order valence-corrected chi connectivity index (χ4v) is 3.86. The highest BCUT2D eigenvalue weighted by atomic mass is 32.1. The van der Waals surface area contributed by atoms with Gasteiger partial charge in [0.05, 0.1) is 24.2 Å². The molecule has 1 aliphatic rings. The maximum absolute atomic E-state index is 12.9. The minimum absolute atomic E-state index is 0.233. The molecule has 0 amide bonds. The molecule has 1 aromatic carbocycles. The second kappa shape index (κ2) is 5.62. The van der Waals surface area contributed by atoms with E-state index >= 15 is 0 Å². The summed E-state index contributed by atoms with van der Waals surface area (Å²) in [7, 11) is 1.45. The first-order valence-electron chi connectivity index (χ1n) is 7.08. The molecule has 0 aliphatic heterocycles. The topological polar surface area (TPSA) is 69.7 Å². The summed E-state index contributed by atoms with van der Waals surface area (Å²) in [5.74, 6) is -0.718. The lowest BCUT2D eigenvalue weighted by atomic mass is 9.86. The maximum atomic E-state index is 12.9. The van der Waals surface area contributed by atoms with Gasteiger partial charge in [0.1, 0.15) is 10.6 Å². The quantitative estimate of drug-likeness (QED) is 0.691. The van der Waals surface area contributed by atoms with Crippen LogP contribution in [0.2, 0.25) is 0 Å². The van der Waals surface area contributed by atoms with Crippen LogP contribution in [-0.4, -0.2) is 31.3 Å². The second-order valence-electron chi connectivity index (χ2n) is 5.02. The summed E-state index contributed by atoms with van der Waals surface area (Å²) in [5, 5.41) is 0. The van der Waals surface area contributed by atoms with Crippen LogP contribution in [0, 0.1) is 6.92 Å². The first-order chi connectivity index (χ1) is 11.0. The fraction of sp³-hybridized carbons (Fsp3) is 0.235. The van der Waals surface area contributed by atoms with E-state index in [2.05, 4.69) is 0 Å². The Bertz CT molecular complexity index is 847. The van der Waals surface area contributed by atoms with Gasteiger partial charge in [-0.05, 0) is 31.5 Å². The van der Waals surface area contributed by atoms with Gasteiger partial charge in [-0.25, -0.2) is 4.79 Å². The number of hydrogen-bond donors (Lipinski definition) is 0. The van der Waals surface area contributed by atoms with Crippen molar-refractivity contribution in [3.63, 3.8) is 0 Å². The molecule has 3 rings (SSSR count). The number of carbonyl (C=O) groups excluding carboxylic acids is 3. The molecule has 118 valence electrons. The largest absolute Gasteiger partial charge is 0.496 e. The van der Waals surface area contributed by atoms with Crippen LogP contribution >= 0.6 is 11.3 Å². The van der Waals surface area contributed by atoms with E-state index in [1.165, 1.54) is 7.11 Å². The summed E-state index contributed by atoms with van der Waals surface area (Å²) in [4.78, 5) is 38.2. The van der Waals surface area contributed by atoms with E-state index in [4.69, 9.17) is 9.47 Å². The van der Waals surface area contributed by atoms with Gasteiger partial charge >= 0.3 is 5.97 Å². The number of thiophene rings is 1. The lowest BCUT2D eigenvalue weighted by Crippen LogP contribution is -2.20. The van der Waals surface area contributed by atoms with Gasteiger partial charge in [0.15, 0.2) is 5.78 Å². The molecule has 1 heterocycles. The van der Waals surface area contributed by atoms with Gasteiger partial charge in [0.25, 0.3) is 0 Å². The summed E-state index contributed by atoms with van der Waals surface area (Å²) >= 11 is 1.01. The van der Waals surface area contributed by atoms with Crippen LogP contribution in [0.3, 0.4) is 0 Å². The molecule has 0 radical (unpaired) electrons. The highest BCUT2D eigenvalue weighted by molar-refractivity contribution is 7.16. The number of esters is 1. The molecular formula is C17H14O5S. The molecule has 0 saturated carbocycles. The number of hydrogen-bond acceptors (Lipinski definition) is 6. The first kappa shape index (κ1) is 15.4. The Morgan fingerprint density at radius 2 is 1.91 bits per heavy atom. The van der Waals surface area contributed by atoms with Gasteiger partial charge in [0.2, 0.25) is 5.78 Å². The lowest BCUT2D eigenvalue weighted by Gasteiger charge is -2.17. The van der Waals surface area contributed by atoms with Gasteiger partial charge in [-0.3, -0.25) is 9.59 Å². The summed E-state index contributed by atoms with van der Waals surface area (Å²) in [6.07, 6.45) is 0. The van der Waals surface area contributed by atoms with E-state index in [-0.39, 0.29) is 34.2 Å². The minimum atomic E-state index is -0.513. The Kier molecular flexibility index (Phi) is 3.77. The number of benzene rings is 1. The van der Waals surface area contributed by atoms with Crippen molar-refractivity contribution >= 4 is 28.9 Å². The Labute approximate surface area is 136 Å². The third kappa shape index (κ3) is 2.17. The minimum Gasteiger partial charge on any atom is -0.496 e. The Hall–Kier alpha value is -2.47. The van der Waals surface area contributed by atoms with Crippen LogP contribution < -0.4 is 4.74 Å². The van der Waals surface area contributed by atoms with Gasteiger partial charge < -0.3 is 9.47 Å². The van der Waals surface area contributed by atoms with Gasteiger partial charge in [-0.15, -0.1) is 11.3 Å². The Morgan fingerprint density at radius 3 is 2.57 bits per heavy atom. The van der Waals surface area contributed by atoms with E-state index in [0.717, 1.165) is 11.3 Å². The van der Waals surface area contributed by atoms with Crippen molar-refractivity contribution in [1.82, 2.24) is 0 Å². The molecule has 0 atom stereocenters. The predicted octanol–water partition coefficient (Wildman–Crippen LogP) is 3.02. The van der Waals surface area contributed by atoms with Crippen LogP contribution in [-0.2, 0) is 4.74 Å². The molecule has 23 heavy (non-hydrogen) atoms. The van der Waals surface area contributed by atoms with Crippen molar-refractivity contribution in [2.24, 2.45) is 0 Å². The average Bonchev–Trinajstić information content (AvgIpc) is 2.90. The fourth-order valence-electron chi connectivity index (χ4n) is 2.71. The van der Waals surface area contributed by atoms with Gasteiger partial charge in [-0.2, -0.15) is 0 Å².